The average Bonchev–Trinajstić information content (AvgIpc) is 2.57. The summed E-state index contributed by atoms with van der Waals surface area (Å²) in [6, 6.07) is 18.2. The number of hydrogen-bond donors (Lipinski definition) is 0. The van der Waals surface area contributed by atoms with Gasteiger partial charge in [0.05, 0.1) is 0 Å². The normalized spacial score (nSPS) is 11.9. The van der Waals surface area contributed by atoms with Gasteiger partial charge in [-0.05, 0) is 62.4 Å². The second kappa shape index (κ2) is 5.52. The monoisotopic (exact) mass is 304 g/mol. The fourth-order valence-corrected chi connectivity index (χ4v) is 4.24. The summed E-state index contributed by atoms with van der Waals surface area (Å²) in [7, 11) is 2.93. The Bertz CT molecular complexity index is 936. The van der Waals surface area contributed by atoms with Crippen LogP contribution in [0.4, 0.5) is 0 Å². The van der Waals surface area contributed by atoms with E-state index in [0.29, 0.717) is 0 Å². The van der Waals surface area contributed by atoms with Crippen molar-refractivity contribution in [1.29, 1.82) is 0 Å². The highest BCUT2D eigenvalue weighted by molar-refractivity contribution is 7.15. The summed E-state index contributed by atoms with van der Waals surface area (Å²) in [4.78, 5) is 0. The van der Waals surface area contributed by atoms with Crippen molar-refractivity contribution in [3.63, 3.8) is 0 Å². The van der Waals surface area contributed by atoms with Gasteiger partial charge in [-0.1, -0.05) is 61.9 Å². The molecule has 0 amide bonds. The predicted octanol–water partition coefficient (Wildman–Crippen LogP) is 6.30. The molecule has 0 radical (unpaired) electrons. The van der Waals surface area contributed by atoms with Crippen LogP contribution in [0.1, 0.15) is 30.9 Å². The van der Waals surface area contributed by atoms with E-state index in [0.717, 1.165) is 6.16 Å². The standard InChI is InChI=1S/C21H21P/c1-2-3-5-16-12-17-9-8-14-6-4-7-15-10-11-18(19(16)13-22)21(17)20(14)15/h4,6-12H,2-3,5,13,22H2,1H3. The van der Waals surface area contributed by atoms with Crippen LogP contribution in [0.3, 0.4) is 0 Å². The molecule has 0 fully saturated rings. The zero-order chi connectivity index (χ0) is 15.1. The van der Waals surface area contributed by atoms with Gasteiger partial charge in [0.25, 0.3) is 0 Å². The molecule has 0 spiro atoms. The minimum atomic E-state index is 1.03. The van der Waals surface area contributed by atoms with Gasteiger partial charge in [0.15, 0.2) is 0 Å². The second-order valence-corrected chi connectivity index (χ2v) is 6.59. The SMILES string of the molecule is CCCCc1cc2ccc3cccc4ccc(c1CP)c2c34. The van der Waals surface area contributed by atoms with Crippen molar-refractivity contribution < 1.29 is 0 Å². The van der Waals surface area contributed by atoms with E-state index in [9.17, 15) is 0 Å². The number of aryl methyl sites for hydroxylation is 1. The minimum absolute atomic E-state index is 1.03. The molecule has 4 aromatic rings. The molecule has 1 heteroatoms. The Morgan fingerprint density at radius 3 is 2.32 bits per heavy atom. The first-order valence-corrected chi connectivity index (χ1v) is 9.03. The molecule has 0 aliphatic heterocycles. The lowest BCUT2D eigenvalue weighted by Crippen LogP contribution is -1.96. The van der Waals surface area contributed by atoms with Gasteiger partial charge in [0, 0.05) is 0 Å². The van der Waals surface area contributed by atoms with E-state index >= 15 is 0 Å². The zero-order valence-electron chi connectivity index (χ0n) is 13.0. The molecule has 4 rings (SSSR count). The first-order valence-electron chi connectivity index (χ1n) is 8.22. The summed E-state index contributed by atoms with van der Waals surface area (Å²) in [6.07, 6.45) is 4.75. The van der Waals surface area contributed by atoms with Crippen molar-refractivity contribution in [2.45, 2.75) is 32.3 Å². The van der Waals surface area contributed by atoms with E-state index in [1.54, 1.807) is 0 Å². The van der Waals surface area contributed by atoms with Crippen molar-refractivity contribution >= 4 is 41.6 Å². The highest BCUT2D eigenvalue weighted by Gasteiger charge is 2.13. The smallest absolute Gasteiger partial charge is 0.00237 e. The molecule has 22 heavy (non-hydrogen) atoms. The summed E-state index contributed by atoms with van der Waals surface area (Å²) >= 11 is 0. The molecule has 0 bridgehead atoms. The Hall–Kier alpha value is -1.65. The number of benzene rings is 4. The van der Waals surface area contributed by atoms with Gasteiger partial charge in [-0.25, -0.2) is 0 Å². The van der Waals surface area contributed by atoms with Crippen LogP contribution in [-0.2, 0) is 12.6 Å². The molecule has 0 aliphatic carbocycles. The number of hydrogen-bond acceptors (Lipinski definition) is 0. The Kier molecular flexibility index (Phi) is 3.51. The molecule has 0 heterocycles. The highest BCUT2D eigenvalue weighted by atomic mass is 31.0. The summed E-state index contributed by atoms with van der Waals surface area (Å²) in [5.41, 5.74) is 3.05. The van der Waals surface area contributed by atoms with Crippen molar-refractivity contribution in [3.8, 4) is 0 Å². The second-order valence-electron chi connectivity index (χ2n) is 6.18. The van der Waals surface area contributed by atoms with Gasteiger partial charge < -0.3 is 0 Å². The molecule has 110 valence electrons. The van der Waals surface area contributed by atoms with Gasteiger partial charge in [0.2, 0.25) is 0 Å². The van der Waals surface area contributed by atoms with Crippen LogP contribution in [0.25, 0.3) is 32.3 Å². The van der Waals surface area contributed by atoms with E-state index in [1.807, 2.05) is 0 Å². The van der Waals surface area contributed by atoms with Crippen molar-refractivity contribution in [3.05, 3.63) is 59.7 Å². The van der Waals surface area contributed by atoms with E-state index in [-0.39, 0.29) is 0 Å². The summed E-state index contributed by atoms with van der Waals surface area (Å²) < 4.78 is 0. The maximum Gasteiger partial charge on any atom is -0.00237 e. The van der Waals surface area contributed by atoms with E-state index in [1.165, 1.54) is 62.7 Å². The summed E-state index contributed by atoms with van der Waals surface area (Å²) in [5.74, 6) is 0. The molecule has 1 atom stereocenters. The first kappa shape index (κ1) is 14.0. The lowest BCUT2D eigenvalue weighted by Gasteiger charge is -2.17. The maximum atomic E-state index is 2.93. The minimum Gasteiger partial charge on any atom is -0.133 e. The number of rotatable bonds is 4. The van der Waals surface area contributed by atoms with E-state index in [4.69, 9.17) is 0 Å². The third kappa shape index (κ3) is 2.02. The molecular weight excluding hydrogens is 283 g/mol. The maximum absolute atomic E-state index is 2.93. The summed E-state index contributed by atoms with van der Waals surface area (Å²) in [6.45, 7) is 2.27. The van der Waals surface area contributed by atoms with Crippen LogP contribution in [0.5, 0.6) is 0 Å². The molecule has 0 nitrogen and oxygen atoms in total. The molecular formula is C21H21P. The van der Waals surface area contributed by atoms with Gasteiger partial charge >= 0.3 is 0 Å². The molecule has 0 N–H and O–H groups in total. The third-order valence-corrected chi connectivity index (χ3v) is 5.26. The average molecular weight is 304 g/mol. The number of unbranched alkanes of at least 4 members (excludes halogenated alkanes) is 1. The topological polar surface area (TPSA) is 0 Å². The predicted molar refractivity (Wildman–Crippen MR) is 102 cm³/mol. The Morgan fingerprint density at radius 2 is 1.59 bits per heavy atom. The van der Waals surface area contributed by atoms with Crippen molar-refractivity contribution in [1.82, 2.24) is 0 Å². The zero-order valence-corrected chi connectivity index (χ0v) is 14.2. The van der Waals surface area contributed by atoms with Crippen LogP contribution in [0.15, 0.2) is 48.5 Å². The molecule has 0 saturated heterocycles. The van der Waals surface area contributed by atoms with Crippen LogP contribution >= 0.6 is 9.24 Å². The van der Waals surface area contributed by atoms with Crippen molar-refractivity contribution in [2.24, 2.45) is 0 Å². The Labute approximate surface area is 134 Å². The molecule has 4 aromatic carbocycles. The van der Waals surface area contributed by atoms with Gasteiger partial charge in [-0.15, -0.1) is 9.24 Å². The van der Waals surface area contributed by atoms with Crippen LogP contribution < -0.4 is 0 Å². The van der Waals surface area contributed by atoms with Gasteiger partial charge in [0.1, 0.15) is 0 Å². The largest absolute Gasteiger partial charge is 0.133 e. The fourth-order valence-electron chi connectivity index (χ4n) is 3.76. The molecule has 0 aliphatic rings. The van der Waals surface area contributed by atoms with Crippen LogP contribution in [0, 0.1) is 0 Å². The molecule has 0 aromatic heterocycles. The summed E-state index contributed by atoms with van der Waals surface area (Å²) in [5, 5.41) is 8.43. The molecule has 0 saturated carbocycles. The highest BCUT2D eigenvalue weighted by Crippen LogP contribution is 2.38. The van der Waals surface area contributed by atoms with Crippen molar-refractivity contribution in [2.75, 3.05) is 0 Å². The van der Waals surface area contributed by atoms with Crippen LogP contribution in [-0.4, -0.2) is 0 Å². The lowest BCUT2D eigenvalue weighted by atomic mass is 9.88. The first-order chi connectivity index (χ1) is 10.8. The van der Waals surface area contributed by atoms with E-state index in [2.05, 4.69) is 64.7 Å². The third-order valence-electron chi connectivity index (χ3n) is 4.86. The Morgan fingerprint density at radius 1 is 0.864 bits per heavy atom. The molecule has 1 unspecified atom stereocenters. The van der Waals surface area contributed by atoms with E-state index < -0.39 is 0 Å². The van der Waals surface area contributed by atoms with Crippen LogP contribution in [0.2, 0.25) is 0 Å². The van der Waals surface area contributed by atoms with Gasteiger partial charge in [-0.3, -0.25) is 0 Å². The Balaban J connectivity index is 2.14. The van der Waals surface area contributed by atoms with Gasteiger partial charge in [-0.2, -0.15) is 0 Å². The lowest BCUT2D eigenvalue weighted by molar-refractivity contribution is 0.792. The quantitative estimate of drug-likeness (QED) is 0.306. The fraction of sp³-hybridized carbons (Fsp3) is 0.238.